The molecule has 1 atom stereocenters. The van der Waals surface area contributed by atoms with Crippen molar-refractivity contribution in [3.05, 3.63) is 59.7 Å². The van der Waals surface area contributed by atoms with E-state index in [4.69, 9.17) is 9.47 Å². The monoisotopic (exact) mass is 438 g/mol. The molecule has 0 aromatic heterocycles. The van der Waals surface area contributed by atoms with Crippen LogP contribution in [0.1, 0.15) is 37.8 Å². The lowest BCUT2D eigenvalue weighted by Gasteiger charge is -2.24. The molecule has 1 heterocycles. The molecule has 168 valence electrons. The van der Waals surface area contributed by atoms with Gasteiger partial charge in [0.15, 0.2) is 6.04 Å². The number of carboxylic acid groups (broad SMARTS) is 1. The highest BCUT2D eigenvalue weighted by atomic mass is 16.6. The zero-order valence-electron chi connectivity index (χ0n) is 18.3. The largest absolute Gasteiger partial charge is 0.480 e. The summed E-state index contributed by atoms with van der Waals surface area (Å²) in [6.45, 7) is 4.87. The Morgan fingerprint density at radius 1 is 0.969 bits per heavy atom. The Bertz CT molecular complexity index is 1010. The van der Waals surface area contributed by atoms with Gasteiger partial charge in [0.05, 0.1) is 6.54 Å². The number of ether oxygens (including phenoxy) is 2. The van der Waals surface area contributed by atoms with Crippen molar-refractivity contribution in [2.24, 2.45) is 0 Å². The molecule has 2 amide bonds. The molecule has 0 saturated carbocycles. The van der Waals surface area contributed by atoms with Gasteiger partial charge in [0, 0.05) is 5.92 Å². The van der Waals surface area contributed by atoms with Crippen LogP contribution in [0, 0.1) is 0 Å². The summed E-state index contributed by atoms with van der Waals surface area (Å²) in [6.07, 6.45) is -1.44. The van der Waals surface area contributed by atoms with Gasteiger partial charge in [0.2, 0.25) is 0 Å². The summed E-state index contributed by atoms with van der Waals surface area (Å²) in [5.41, 5.74) is 3.60. The first-order valence-corrected chi connectivity index (χ1v) is 10.5. The van der Waals surface area contributed by atoms with E-state index in [1.165, 1.54) is 4.90 Å². The SMILES string of the molecule is CC(C)(C)OC(=O)N1C[C@@H](C(=O)O)N(C(=O)OCC2c3ccccc3-c3ccccc32)C1. The number of amides is 2. The molecule has 1 aliphatic heterocycles. The molecule has 0 spiro atoms. The third-order valence-electron chi connectivity index (χ3n) is 5.60. The number of carboxylic acids is 1. The maximum atomic E-state index is 12.9. The van der Waals surface area contributed by atoms with Gasteiger partial charge in [-0.3, -0.25) is 9.80 Å². The van der Waals surface area contributed by atoms with Crippen molar-refractivity contribution in [1.29, 1.82) is 0 Å². The van der Waals surface area contributed by atoms with Gasteiger partial charge in [-0.1, -0.05) is 48.5 Å². The van der Waals surface area contributed by atoms with E-state index in [0.717, 1.165) is 27.2 Å². The van der Waals surface area contributed by atoms with Gasteiger partial charge in [-0.05, 0) is 43.0 Å². The van der Waals surface area contributed by atoms with E-state index < -0.39 is 29.8 Å². The van der Waals surface area contributed by atoms with E-state index in [-0.39, 0.29) is 25.7 Å². The lowest BCUT2D eigenvalue weighted by atomic mass is 9.98. The zero-order valence-corrected chi connectivity index (χ0v) is 18.3. The molecule has 4 rings (SSSR count). The topological polar surface area (TPSA) is 96.4 Å². The smallest absolute Gasteiger partial charge is 0.412 e. The summed E-state index contributed by atoms with van der Waals surface area (Å²) >= 11 is 0. The number of rotatable bonds is 3. The Kier molecular flexibility index (Phi) is 5.54. The van der Waals surface area contributed by atoms with Gasteiger partial charge in [-0.2, -0.15) is 0 Å². The predicted octanol–water partition coefficient (Wildman–Crippen LogP) is 3.90. The van der Waals surface area contributed by atoms with Gasteiger partial charge in [-0.25, -0.2) is 14.4 Å². The number of fused-ring (bicyclic) bond motifs is 3. The van der Waals surface area contributed by atoms with Crippen LogP contribution in [0.3, 0.4) is 0 Å². The fraction of sp³-hybridized carbons (Fsp3) is 0.375. The average Bonchev–Trinajstić information content (AvgIpc) is 3.32. The third kappa shape index (κ3) is 4.12. The number of carbonyl (C=O) groups excluding carboxylic acids is 2. The van der Waals surface area contributed by atoms with E-state index in [1.54, 1.807) is 20.8 Å². The van der Waals surface area contributed by atoms with Gasteiger partial charge in [-0.15, -0.1) is 0 Å². The predicted molar refractivity (Wildman–Crippen MR) is 116 cm³/mol. The van der Waals surface area contributed by atoms with Crippen LogP contribution in [0.4, 0.5) is 9.59 Å². The molecule has 0 unspecified atom stereocenters. The lowest BCUT2D eigenvalue weighted by molar-refractivity contribution is -0.141. The van der Waals surface area contributed by atoms with Crippen molar-refractivity contribution in [1.82, 2.24) is 9.80 Å². The quantitative estimate of drug-likeness (QED) is 0.781. The molecule has 32 heavy (non-hydrogen) atoms. The Morgan fingerprint density at radius 2 is 1.53 bits per heavy atom. The number of hydrogen-bond donors (Lipinski definition) is 1. The van der Waals surface area contributed by atoms with Crippen LogP contribution < -0.4 is 0 Å². The summed E-state index contributed by atoms with van der Waals surface area (Å²) in [5.74, 6) is -1.34. The highest BCUT2D eigenvalue weighted by molar-refractivity contribution is 5.83. The third-order valence-corrected chi connectivity index (χ3v) is 5.60. The minimum Gasteiger partial charge on any atom is -0.480 e. The standard InChI is InChI=1S/C24H26N2O6/c1-24(2,3)32-22(29)25-12-20(21(27)28)26(14-25)23(30)31-13-19-17-10-6-4-8-15(17)16-9-5-7-11-18(16)19/h4-11,19-20H,12-14H2,1-3H3,(H,27,28)/t20-/m0/s1. The number of hydrogen-bond acceptors (Lipinski definition) is 5. The molecule has 2 aromatic rings. The Hall–Kier alpha value is -3.55. The minimum atomic E-state index is -1.20. The second-order valence-corrected chi connectivity index (χ2v) is 8.97. The molecule has 2 aromatic carbocycles. The Morgan fingerprint density at radius 3 is 2.06 bits per heavy atom. The van der Waals surface area contributed by atoms with Gasteiger partial charge in [0.25, 0.3) is 0 Å². The molecule has 1 saturated heterocycles. The highest BCUT2D eigenvalue weighted by Crippen LogP contribution is 2.44. The van der Waals surface area contributed by atoms with Crippen molar-refractivity contribution >= 4 is 18.2 Å². The lowest BCUT2D eigenvalue weighted by Crippen LogP contribution is -2.42. The normalized spacial score (nSPS) is 17.7. The van der Waals surface area contributed by atoms with Gasteiger partial charge in [0.1, 0.15) is 18.9 Å². The van der Waals surface area contributed by atoms with Crippen LogP contribution in [0.25, 0.3) is 11.1 Å². The molecule has 0 radical (unpaired) electrons. The Labute approximate surface area is 186 Å². The van der Waals surface area contributed by atoms with E-state index in [9.17, 15) is 19.5 Å². The summed E-state index contributed by atoms with van der Waals surface area (Å²) in [4.78, 5) is 39.2. The summed E-state index contributed by atoms with van der Waals surface area (Å²) in [7, 11) is 0. The maximum absolute atomic E-state index is 12.9. The fourth-order valence-electron chi connectivity index (χ4n) is 4.18. The van der Waals surface area contributed by atoms with E-state index in [0.29, 0.717) is 0 Å². The van der Waals surface area contributed by atoms with Crippen LogP contribution in [-0.4, -0.2) is 64.5 Å². The van der Waals surface area contributed by atoms with Crippen LogP contribution in [0.2, 0.25) is 0 Å². The highest BCUT2D eigenvalue weighted by Gasteiger charge is 2.43. The van der Waals surface area contributed by atoms with Crippen molar-refractivity contribution in [2.45, 2.75) is 38.3 Å². The number of aliphatic carboxylic acids is 1. The van der Waals surface area contributed by atoms with Crippen molar-refractivity contribution in [3.63, 3.8) is 0 Å². The van der Waals surface area contributed by atoms with Crippen molar-refractivity contribution in [2.75, 3.05) is 19.8 Å². The second-order valence-electron chi connectivity index (χ2n) is 8.97. The Balaban J connectivity index is 1.48. The molecule has 1 N–H and O–H groups in total. The van der Waals surface area contributed by atoms with Gasteiger partial charge >= 0.3 is 18.2 Å². The van der Waals surface area contributed by atoms with Crippen molar-refractivity contribution < 1.29 is 29.0 Å². The first-order chi connectivity index (χ1) is 15.2. The van der Waals surface area contributed by atoms with Crippen LogP contribution >= 0.6 is 0 Å². The summed E-state index contributed by atoms with van der Waals surface area (Å²) in [5, 5.41) is 9.58. The number of carbonyl (C=O) groups is 3. The molecular formula is C24H26N2O6. The summed E-state index contributed by atoms with van der Waals surface area (Å²) < 4.78 is 10.9. The molecular weight excluding hydrogens is 412 g/mol. The van der Waals surface area contributed by atoms with Crippen LogP contribution in [-0.2, 0) is 14.3 Å². The molecule has 8 heteroatoms. The first-order valence-electron chi connectivity index (χ1n) is 10.5. The number of benzene rings is 2. The minimum absolute atomic E-state index is 0.0716. The molecule has 1 aliphatic carbocycles. The maximum Gasteiger partial charge on any atom is 0.412 e. The molecule has 2 aliphatic rings. The summed E-state index contributed by atoms with van der Waals surface area (Å²) in [6, 6.07) is 14.7. The van der Waals surface area contributed by atoms with Crippen molar-refractivity contribution in [3.8, 4) is 11.1 Å². The number of nitrogens with zero attached hydrogens (tertiary/aromatic N) is 2. The van der Waals surface area contributed by atoms with Gasteiger partial charge < -0.3 is 14.6 Å². The van der Waals surface area contributed by atoms with Crippen LogP contribution in [0.15, 0.2) is 48.5 Å². The van der Waals surface area contributed by atoms with E-state index >= 15 is 0 Å². The van der Waals surface area contributed by atoms with Crippen LogP contribution in [0.5, 0.6) is 0 Å². The van der Waals surface area contributed by atoms with E-state index in [1.807, 2.05) is 48.5 Å². The molecule has 1 fully saturated rings. The van der Waals surface area contributed by atoms with E-state index in [2.05, 4.69) is 0 Å². The zero-order chi connectivity index (χ0) is 23.0. The molecule has 8 nitrogen and oxygen atoms in total. The average molecular weight is 438 g/mol. The fourth-order valence-corrected chi connectivity index (χ4v) is 4.18. The molecule has 0 bridgehead atoms. The second kappa shape index (κ2) is 8.18. The first kappa shape index (κ1) is 21.7.